The maximum atomic E-state index is 12.4. The number of halogens is 1. The van der Waals surface area contributed by atoms with Gasteiger partial charge in [0.2, 0.25) is 5.78 Å². The minimum absolute atomic E-state index is 0.00109. The van der Waals surface area contributed by atoms with Gasteiger partial charge in [0, 0.05) is 11.8 Å². The average molecular weight is 329 g/mol. The number of aromatic nitrogens is 2. The molecule has 6 nitrogen and oxygen atoms in total. The molecule has 112 valence electrons. The SMILES string of the molecule is Cc1nc(C)n(O)c1C(=O)c1ccc(S(C)(=O)=O)cc1Cl. The van der Waals surface area contributed by atoms with Gasteiger partial charge in [-0.3, -0.25) is 4.79 Å². The minimum Gasteiger partial charge on any atom is -0.426 e. The summed E-state index contributed by atoms with van der Waals surface area (Å²) in [4.78, 5) is 16.4. The van der Waals surface area contributed by atoms with Gasteiger partial charge in [0.25, 0.3) is 0 Å². The van der Waals surface area contributed by atoms with Crippen LogP contribution in [0.1, 0.15) is 27.6 Å². The van der Waals surface area contributed by atoms with Crippen molar-refractivity contribution in [3.05, 3.63) is 46.0 Å². The van der Waals surface area contributed by atoms with Gasteiger partial charge in [-0.25, -0.2) is 13.4 Å². The number of aryl methyl sites for hydroxylation is 2. The monoisotopic (exact) mass is 328 g/mol. The standard InChI is InChI=1S/C13H13ClN2O4S/c1-7-12(16(18)8(2)15-7)13(17)10-5-4-9(6-11(10)14)21(3,19)20/h4-6,18H,1-3H3. The Labute approximate surface area is 126 Å². The first-order valence-electron chi connectivity index (χ1n) is 5.92. The highest BCUT2D eigenvalue weighted by atomic mass is 35.5. The molecule has 0 amide bonds. The molecule has 0 aliphatic rings. The number of hydrogen-bond donors (Lipinski definition) is 1. The van der Waals surface area contributed by atoms with Gasteiger partial charge >= 0.3 is 0 Å². The number of rotatable bonds is 3. The van der Waals surface area contributed by atoms with Gasteiger partial charge in [-0.15, -0.1) is 0 Å². The molecule has 0 radical (unpaired) electrons. The van der Waals surface area contributed by atoms with Gasteiger partial charge in [0.1, 0.15) is 5.82 Å². The fourth-order valence-electron chi connectivity index (χ4n) is 1.96. The number of hydrogen-bond acceptors (Lipinski definition) is 5. The van der Waals surface area contributed by atoms with Crippen molar-refractivity contribution in [3.8, 4) is 0 Å². The van der Waals surface area contributed by atoms with E-state index in [0.717, 1.165) is 6.26 Å². The summed E-state index contributed by atoms with van der Waals surface area (Å²) in [6.45, 7) is 3.14. The Kier molecular flexibility index (Phi) is 3.81. The van der Waals surface area contributed by atoms with E-state index in [1.165, 1.54) is 18.2 Å². The predicted molar refractivity (Wildman–Crippen MR) is 76.9 cm³/mol. The fourth-order valence-corrected chi connectivity index (χ4v) is 2.93. The van der Waals surface area contributed by atoms with Crippen LogP contribution < -0.4 is 0 Å². The molecule has 0 aliphatic heterocycles. The largest absolute Gasteiger partial charge is 0.426 e. The van der Waals surface area contributed by atoms with E-state index >= 15 is 0 Å². The van der Waals surface area contributed by atoms with Gasteiger partial charge in [-0.1, -0.05) is 11.6 Å². The molecule has 21 heavy (non-hydrogen) atoms. The van der Waals surface area contributed by atoms with Crippen molar-refractivity contribution >= 4 is 27.2 Å². The molecule has 2 rings (SSSR count). The minimum atomic E-state index is -3.41. The number of imidazole rings is 1. The van der Waals surface area contributed by atoms with Crippen LogP contribution in [0, 0.1) is 13.8 Å². The molecule has 1 aromatic heterocycles. The number of benzene rings is 1. The Hall–Kier alpha value is -1.86. The van der Waals surface area contributed by atoms with Crippen LogP contribution in [0.25, 0.3) is 0 Å². The lowest BCUT2D eigenvalue weighted by molar-refractivity contribution is 0.0979. The van der Waals surface area contributed by atoms with Crippen LogP contribution in [0.2, 0.25) is 5.02 Å². The first kappa shape index (κ1) is 15.5. The summed E-state index contributed by atoms with van der Waals surface area (Å²) < 4.78 is 23.6. The van der Waals surface area contributed by atoms with Gasteiger partial charge in [-0.2, -0.15) is 4.73 Å². The highest BCUT2D eigenvalue weighted by Crippen LogP contribution is 2.24. The molecule has 1 heterocycles. The van der Waals surface area contributed by atoms with E-state index in [1.54, 1.807) is 13.8 Å². The topological polar surface area (TPSA) is 89.3 Å². The third-order valence-electron chi connectivity index (χ3n) is 3.02. The summed E-state index contributed by atoms with van der Waals surface area (Å²) in [5.74, 6) is -0.250. The second kappa shape index (κ2) is 5.16. The van der Waals surface area contributed by atoms with Crippen LogP contribution in [0.5, 0.6) is 0 Å². The molecule has 0 aliphatic carbocycles. The quantitative estimate of drug-likeness (QED) is 0.687. The molecule has 2 aromatic rings. The second-order valence-corrected chi connectivity index (χ2v) is 7.07. The average Bonchev–Trinajstić information content (AvgIpc) is 2.61. The lowest BCUT2D eigenvalue weighted by Crippen LogP contribution is -2.11. The zero-order chi connectivity index (χ0) is 15.9. The van der Waals surface area contributed by atoms with Crippen molar-refractivity contribution < 1.29 is 18.4 Å². The van der Waals surface area contributed by atoms with E-state index in [2.05, 4.69) is 4.98 Å². The smallest absolute Gasteiger partial charge is 0.216 e. The lowest BCUT2D eigenvalue weighted by Gasteiger charge is -2.07. The van der Waals surface area contributed by atoms with Gasteiger partial charge < -0.3 is 5.21 Å². The highest BCUT2D eigenvalue weighted by molar-refractivity contribution is 7.90. The fraction of sp³-hybridized carbons (Fsp3) is 0.231. The van der Waals surface area contributed by atoms with Crippen LogP contribution in [0.4, 0.5) is 0 Å². The van der Waals surface area contributed by atoms with Crippen LogP contribution >= 0.6 is 11.6 Å². The molecule has 0 atom stereocenters. The maximum Gasteiger partial charge on any atom is 0.216 e. The zero-order valence-electron chi connectivity index (χ0n) is 11.6. The Morgan fingerprint density at radius 3 is 2.38 bits per heavy atom. The van der Waals surface area contributed by atoms with Gasteiger partial charge in [0.05, 0.1) is 15.6 Å². The summed E-state index contributed by atoms with van der Waals surface area (Å²) in [5, 5.41) is 9.82. The van der Waals surface area contributed by atoms with E-state index in [0.29, 0.717) is 10.4 Å². The molecule has 0 saturated carbocycles. The normalized spacial score (nSPS) is 11.6. The summed E-state index contributed by atoms with van der Waals surface area (Å²) in [7, 11) is -3.41. The molecular weight excluding hydrogens is 316 g/mol. The van der Waals surface area contributed by atoms with Crippen molar-refractivity contribution in [2.24, 2.45) is 0 Å². The van der Waals surface area contributed by atoms with Crippen molar-refractivity contribution in [1.29, 1.82) is 0 Å². The molecule has 0 fully saturated rings. The van der Waals surface area contributed by atoms with Crippen LogP contribution in [0.3, 0.4) is 0 Å². The van der Waals surface area contributed by atoms with E-state index in [1.807, 2.05) is 0 Å². The predicted octanol–water partition coefficient (Wildman–Crippen LogP) is 2.03. The summed E-state index contributed by atoms with van der Waals surface area (Å²) >= 11 is 6.00. The Morgan fingerprint density at radius 1 is 1.33 bits per heavy atom. The van der Waals surface area contributed by atoms with Crippen molar-refractivity contribution in [2.45, 2.75) is 18.7 Å². The first-order valence-corrected chi connectivity index (χ1v) is 8.19. The molecule has 1 N–H and O–H groups in total. The highest BCUT2D eigenvalue weighted by Gasteiger charge is 2.23. The van der Waals surface area contributed by atoms with Crippen LogP contribution in [-0.2, 0) is 9.84 Å². The van der Waals surface area contributed by atoms with Crippen LogP contribution in [-0.4, -0.2) is 35.4 Å². The Bertz CT molecular complexity index is 840. The van der Waals surface area contributed by atoms with E-state index < -0.39 is 15.6 Å². The summed E-state index contributed by atoms with van der Waals surface area (Å²) in [6.07, 6.45) is 1.05. The Morgan fingerprint density at radius 2 is 1.95 bits per heavy atom. The number of ketones is 1. The molecule has 0 saturated heterocycles. The van der Waals surface area contributed by atoms with Gasteiger partial charge in [0.15, 0.2) is 15.5 Å². The second-order valence-electron chi connectivity index (χ2n) is 4.65. The molecule has 0 unspecified atom stereocenters. The molecule has 0 spiro atoms. The van der Waals surface area contributed by atoms with Crippen molar-refractivity contribution in [3.63, 3.8) is 0 Å². The third kappa shape index (κ3) is 2.79. The molecule has 0 bridgehead atoms. The Balaban J connectivity index is 2.55. The third-order valence-corrected chi connectivity index (χ3v) is 4.44. The molecular formula is C13H13ClN2O4S. The molecule has 8 heteroatoms. The lowest BCUT2D eigenvalue weighted by atomic mass is 10.1. The number of sulfone groups is 1. The van der Waals surface area contributed by atoms with Crippen molar-refractivity contribution in [2.75, 3.05) is 6.26 Å². The van der Waals surface area contributed by atoms with Crippen molar-refractivity contribution in [1.82, 2.24) is 9.71 Å². The number of nitrogens with zero attached hydrogens (tertiary/aromatic N) is 2. The van der Waals surface area contributed by atoms with E-state index in [-0.39, 0.29) is 27.0 Å². The zero-order valence-corrected chi connectivity index (χ0v) is 13.2. The van der Waals surface area contributed by atoms with E-state index in [4.69, 9.17) is 11.6 Å². The summed E-state index contributed by atoms with van der Waals surface area (Å²) in [5.41, 5.74) is 0.465. The van der Waals surface area contributed by atoms with E-state index in [9.17, 15) is 18.4 Å². The van der Waals surface area contributed by atoms with Crippen LogP contribution in [0.15, 0.2) is 23.1 Å². The number of carbonyl (C=O) groups excluding carboxylic acids is 1. The molecule has 1 aromatic carbocycles. The first-order chi connectivity index (χ1) is 9.62. The number of carbonyl (C=O) groups is 1. The van der Waals surface area contributed by atoms with Gasteiger partial charge in [-0.05, 0) is 32.0 Å². The maximum absolute atomic E-state index is 12.4. The summed E-state index contributed by atoms with van der Waals surface area (Å²) in [6, 6.07) is 3.84.